The molecule has 3 rings (SSSR count). The van der Waals surface area contributed by atoms with E-state index in [0.717, 1.165) is 23.2 Å². The van der Waals surface area contributed by atoms with Crippen LogP contribution in [-0.2, 0) is 9.59 Å². The van der Waals surface area contributed by atoms with Gasteiger partial charge in [0.05, 0.1) is 23.4 Å². The van der Waals surface area contributed by atoms with Crippen LogP contribution < -0.4 is 10.2 Å². The zero-order valence-electron chi connectivity index (χ0n) is 17.0. The molecule has 2 amide bonds. The maximum atomic E-state index is 13.1. The Hall–Kier alpha value is -2.99. The standard InChI is InChI=1S/C23H27N3O3/c1-4-10-19(27)15(2)22(28)25-21-23(29)26(3)18-14-9-8-13-17(18)20(24-21)16-11-6-5-7-12-16/h5-9,11-15,19,21,27H,4,10H2,1-3H3,(H,25,28)/t15-,19+,21?/m1/s1. The van der Waals surface area contributed by atoms with Gasteiger partial charge in [0, 0.05) is 18.2 Å². The first kappa shape index (κ1) is 20.7. The number of aliphatic imine (C=N–C) groups is 1. The van der Waals surface area contributed by atoms with E-state index >= 15 is 0 Å². The summed E-state index contributed by atoms with van der Waals surface area (Å²) in [6, 6.07) is 17.1. The number of amides is 2. The van der Waals surface area contributed by atoms with Crippen molar-refractivity contribution < 1.29 is 14.7 Å². The summed E-state index contributed by atoms with van der Waals surface area (Å²) in [5.74, 6) is -1.34. The van der Waals surface area contributed by atoms with E-state index in [-0.39, 0.29) is 11.8 Å². The van der Waals surface area contributed by atoms with Crippen LogP contribution in [0.2, 0.25) is 0 Å². The van der Waals surface area contributed by atoms with Crippen molar-refractivity contribution in [1.29, 1.82) is 0 Å². The highest BCUT2D eigenvalue weighted by Gasteiger charge is 2.32. The number of aliphatic hydroxyl groups is 1. The molecule has 1 unspecified atom stereocenters. The van der Waals surface area contributed by atoms with E-state index in [4.69, 9.17) is 0 Å². The second kappa shape index (κ2) is 9.01. The molecule has 29 heavy (non-hydrogen) atoms. The zero-order valence-corrected chi connectivity index (χ0v) is 17.0. The first-order valence-electron chi connectivity index (χ1n) is 9.92. The lowest BCUT2D eigenvalue weighted by Crippen LogP contribution is -2.49. The SMILES string of the molecule is CCC[C@H](O)[C@@H](C)C(=O)NC1N=C(c2ccccc2)c2ccccc2N(C)C1=O. The van der Waals surface area contributed by atoms with Gasteiger partial charge in [0.25, 0.3) is 5.91 Å². The molecule has 0 saturated carbocycles. The van der Waals surface area contributed by atoms with Crippen molar-refractivity contribution in [2.45, 2.75) is 39.0 Å². The van der Waals surface area contributed by atoms with Crippen LogP contribution in [0.4, 0.5) is 5.69 Å². The molecule has 152 valence electrons. The molecule has 2 N–H and O–H groups in total. The summed E-state index contributed by atoms with van der Waals surface area (Å²) >= 11 is 0. The third kappa shape index (κ3) is 4.38. The van der Waals surface area contributed by atoms with E-state index in [9.17, 15) is 14.7 Å². The van der Waals surface area contributed by atoms with Gasteiger partial charge in [0.1, 0.15) is 0 Å². The molecule has 1 aliphatic rings. The van der Waals surface area contributed by atoms with Crippen molar-refractivity contribution in [3.05, 3.63) is 65.7 Å². The Balaban J connectivity index is 2.00. The Morgan fingerprint density at radius 3 is 2.52 bits per heavy atom. The largest absolute Gasteiger partial charge is 0.392 e. The minimum absolute atomic E-state index is 0.325. The number of benzodiazepines with no additional fused rings is 1. The third-order valence-electron chi connectivity index (χ3n) is 5.24. The number of para-hydroxylation sites is 1. The number of hydrogen-bond acceptors (Lipinski definition) is 4. The first-order valence-corrected chi connectivity index (χ1v) is 9.92. The normalized spacial score (nSPS) is 18.3. The number of fused-ring (bicyclic) bond motifs is 1. The molecule has 3 atom stereocenters. The number of rotatable bonds is 6. The molecule has 0 radical (unpaired) electrons. The Labute approximate surface area is 171 Å². The molecule has 0 aromatic heterocycles. The van der Waals surface area contributed by atoms with E-state index in [1.165, 1.54) is 4.90 Å². The van der Waals surface area contributed by atoms with E-state index in [2.05, 4.69) is 10.3 Å². The summed E-state index contributed by atoms with van der Waals surface area (Å²) in [5, 5.41) is 12.9. The number of aliphatic hydroxyl groups excluding tert-OH is 1. The van der Waals surface area contributed by atoms with Gasteiger partial charge in [-0.25, -0.2) is 4.99 Å². The lowest BCUT2D eigenvalue weighted by atomic mass is 10.00. The Morgan fingerprint density at radius 2 is 1.83 bits per heavy atom. The molecular weight excluding hydrogens is 366 g/mol. The Bertz CT molecular complexity index is 911. The van der Waals surface area contributed by atoms with Crippen LogP contribution >= 0.6 is 0 Å². The first-order chi connectivity index (χ1) is 13.9. The summed E-state index contributed by atoms with van der Waals surface area (Å²) in [7, 11) is 1.68. The molecule has 2 aromatic rings. The van der Waals surface area contributed by atoms with Gasteiger partial charge in [-0.05, 0) is 12.5 Å². The van der Waals surface area contributed by atoms with Crippen LogP contribution in [0, 0.1) is 5.92 Å². The number of benzene rings is 2. The van der Waals surface area contributed by atoms with Gasteiger partial charge in [-0.3, -0.25) is 9.59 Å². The quantitative estimate of drug-likeness (QED) is 0.792. The third-order valence-corrected chi connectivity index (χ3v) is 5.24. The number of carbonyl (C=O) groups is 2. The molecule has 6 nitrogen and oxygen atoms in total. The average Bonchev–Trinajstić information content (AvgIpc) is 2.84. The van der Waals surface area contributed by atoms with Gasteiger partial charge < -0.3 is 15.3 Å². The predicted molar refractivity (Wildman–Crippen MR) is 114 cm³/mol. The summed E-state index contributed by atoms with van der Waals surface area (Å²) in [6.45, 7) is 3.61. The van der Waals surface area contributed by atoms with E-state index in [1.54, 1.807) is 14.0 Å². The molecule has 1 aliphatic heterocycles. The van der Waals surface area contributed by atoms with Gasteiger partial charge in [-0.15, -0.1) is 0 Å². The van der Waals surface area contributed by atoms with E-state index in [0.29, 0.717) is 12.1 Å². The zero-order chi connectivity index (χ0) is 21.0. The van der Waals surface area contributed by atoms with Gasteiger partial charge in [-0.2, -0.15) is 0 Å². The number of hydrogen-bond donors (Lipinski definition) is 2. The van der Waals surface area contributed by atoms with Crippen LogP contribution in [0.25, 0.3) is 0 Å². The molecular formula is C23H27N3O3. The maximum absolute atomic E-state index is 13.1. The molecule has 1 heterocycles. The van der Waals surface area contributed by atoms with Crippen LogP contribution in [0.1, 0.15) is 37.8 Å². The summed E-state index contributed by atoms with van der Waals surface area (Å²) in [6.07, 6.45) is -0.521. The molecule has 0 saturated heterocycles. The molecule has 2 aromatic carbocycles. The van der Waals surface area contributed by atoms with Crippen molar-refractivity contribution in [2.75, 3.05) is 11.9 Å². The van der Waals surface area contributed by atoms with Crippen molar-refractivity contribution in [1.82, 2.24) is 5.32 Å². The van der Waals surface area contributed by atoms with Crippen molar-refractivity contribution in [3.8, 4) is 0 Å². The number of nitrogens with zero attached hydrogens (tertiary/aromatic N) is 2. The minimum Gasteiger partial charge on any atom is -0.392 e. The molecule has 0 fully saturated rings. The molecule has 0 aliphatic carbocycles. The van der Waals surface area contributed by atoms with Crippen LogP contribution in [-0.4, -0.2) is 41.9 Å². The molecule has 0 spiro atoms. The fourth-order valence-electron chi connectivity index (χ4n) is 3.43. The van der Waals surface area contributed by atoms with E-state index in [1.807, 2.05) is 61.5 Å². The van der Waals surface area contributed by atoms with Gasteiger partial charge >= 0.3 is 0 Å². The lowest BCUT2D eigenvalue weighted by Gasteiger charge is -2.23. The Kier molecular flexibility index (Phi) is 6.44. The second-order valence-electron chi connectivity index (χ2n) is 7.31. The van der Waals surface area contributed by atoms with Crippen molar-refractivity contribution >= 4 is 23.2 Å². The van der Waals surface area contributed by atoms with Crippen molar-refractivity contribution in [2.24, 2.45) is 10.9 Å². The van der Waals surface area contributed by atoms with Crippen molar-refractivity contribution in [3.63, 3.8) is 0 Å². The fraction of sp³-hybridized carbons (Fsp3) is 0.348. The second-order valence-corrected chi connectivity index (χ2v) is 7.31. The maximum Gasteiger partial charge on any atom is 0.272 e. The Morgan fingerprint density at radius 1 is 1.17 bits per heavy atom. The van der Waals surface area contributed by atoms with Gasteiger partial charge in [0.15, 0.2) is 0 Å². The lowest BCUT2D eigenvalue weighted by molar-refractivity contribution is -0.132. The number of anilines is 1. The summed E-state index contributed by atoms with van der Waals surface area (Å²) in [4.78, 5) is 32.0. The predicted octanol–water partition coefficient (Wildman–Crippen LogP) is 2.74. The average molecular weight is 393 g/mol. The summed E-state index contributed by atoms with van der Waals surface area (Å²) < 4.78 is 0. The fourth-order valence-corrected chi connectivity index (χ4v) is 3.43. The smallest absolute Gasteiger partial charge is 0.272 e. The van der Waals surface area contributed by atoms with E-state index < -0.39 is 18.2 Å². The number of likely N-dealkylation sites (N-methyl/N-ethyl adjacent to an activating group) is 1. The van der Waals surface area contributed by atoms with Gasteiger partial charge in [-0.1, -0.05) is 68.8 Å². The topological polar surface area (TPSA) is 82.0 Å². The molecule has 6 heteroatoms. The van der Waals surface area contributed by atoms with Crippen LogP contribution in [0.5, 0.6) is 0 Å². The van der Waals surface area contributed by atoms with Crippen LogP contribution in [0.15, 0.2) is 59.6 Å². The monoisotopic (exact) mass is 393 g/mol. The highest BCUT2D eigenvalue weighted by atomic mass is 16.3. The highest BCUT2D eigenvalue weighted by Crippen LogP contribution is 2.27. The summed E-state index contributed by atoms with van der Waals surface area (Å²) in [5.41, 5.74) is 3.06. The number of nitrogens with one attached hydrogen (secondary N) is 1. The van der Waals surface area contributed by atoms with Gasteiger partial charge in [0.2, 0.25) is 12.1 Å². The minimum atomic E-state index is -1.06. The number of carbonyl (C=O) groups excluding carboxylic acids is 2. The van der Waals surface area contributed by atoms with Crippen LogP contribution in [0.3, 0.4) is 0 Å². The molecule has 0 bridgehead atoms. The highest BCUT2D eigenvalue weighted by molar-refractivity contribution is 6.20.